The van der Waals surface area contributed by atoms with Crippen LogP contribution in [0.4, 0.5) is 11.4 Å². The molecular formula is C14H9N5. The number of fused-ring (bicyclic) bond motifs is 2. The van der Waals surface area contributed by atoms with Gasteiger partial charge in [-0.3, -0.25) is 0 Å². The zero-order valence-electron chi connectivity index (χ0n) is 9.93. The first-order chi connectivity index (χ1) is 9.40. The summed E-state index contributed by atoms with van der Waals surface area (Å²) in [5.41, 5.74) is 5.03. The number of benzene rings is 2. The van der Waals surface area contributed by atoms with Gasteiger partial charge in [0.05, 0.1) is 29.5 Å². The van der Waals surface area contributed by atoms with Crippen molar-refractivity contribution in [3.8, 4) is 16.8 Å². The molecule has 2 aromatic carbocycles. The van der Waals surface area contributed by atoms with Crippen LogP contribution < -0.4 is 0 Å². The van der Waals surface area contributed by atoms with Crippen LogP contribution in [-0.2, 0) is 0 Å². The van der Waals surface area contributed by atoms with E-state index in [9.17, 15) is 0 Å². The van der Waals surface area contributed by atoms with E-state index in [4.69, 9.17) is 0 Å². The molecule has 4 rings (SSSR count). The highest BCUT2D eigenvalue weighted by Crippen LogP contribution is 2.38. The topological polar surface area (TPSA) is 55.4 Å². The lowest BCUT2D eigenvalue weighted by Crippen LogP contribution is -1.94. The zero-order valence-corrected chi connectivity index (χ0v) is 9.93. The van der Waals surface area contributed by atoms with Crippen LogP contribution in [0.2, 0.25) is 0 Å². The summed E-state index contributed by atoms with van der Waals surface area (Å²) in [4.78, 5) is 0. The number of hydrogen-bond donors (Lipinski definition) is 0. The molecule has 0 spiro atoms. The van der Waals surface area contributed by atoms with Crippen LogP contribution >= 0.6 is 0 Å². The van der Waals surface area contributed by atoms with E-state index in [0.29, 0.717) is 0 Å². The minimum Gasteiger partial charge on any atom is -0.221 e. The number of nitrogens with zero attached hydrogens (tertiary/aromatic N) is 5. The van der Waals surface area contributed by atoms with E-state index in [1.165, 1.54) is 0 Å². The van der Waals surface area contributed by atoms with Gasteiger partial charge in [-0.2, -0.15) is 5.11 Å². The Morgan fingerprint density at radius 1 is 0.895 bits per heavy atom. The van der Waals surface area contributed by atoms with E-state index < -0.39 is 0 Å². The number of aromatic nitrogens is 3. The molecule has 0 atom stereocenters. The molecule has 2 bridgehead atoms. The normalized spacial score (nSPS) is 12.0. The monoisotopic (exact) mass is 247 g/mol. The molecule has 1 aliphatic rings. The summed E-state index contributed by atoms with van der Waals surface area (Å²) in [5.74, 6) is 0. The molecule has 0 unspecified atom stereocenters. The van der Waals surface area contributed by atoms with Crippen molar-refractivity contribution in [1.29, 1.82) is 0 Å². The molecule has 0 saturated carbocycles. The highest BCUT2D eigenvalue weighted by molar-refractivity contribution is 5.79. The molecular weight excluding hydrogens is 238 g/mol. The molecule has 3 aromatic rings. The van der Waals surface area contributed by atoms with E-state index in [-0.39, 0.29) is 0 Å². The summed E-state index contributed by atoms with van der Waals surface area (Å²) in [6, 6.07) is 14.1. The Labute approximate surface area is 109 Å². The van der Waals surface area contributed by atoms with E-state index in [1.54, 1.807) is 10.9 Å². The third-order valence-electron chi connectivity index (χ3n) is 3.12. The van der Waals surface area contributed by atoms with Crippen molar-refractivity contribution in [3.05, 3.63) is 54.9 Å². The molecule has 5 heteroatoms. The highest BCUT2D eigenvalue weighted by Gasteiger charge is 2.10. The SMILES string of the molecule is c1cn(-c2ccc(-c3ccc4cc3N=N4)cc2)nn1. The maximum atomic E-state index is 4.15. The maximum absolute atomic E-state index is 4.15. The first kappa shape index (κ1) is 10.1. The fourth-order valence-corrected chi connectivity index (χ4v) is 2.16. The van der Waals surface area contributed by atoms with Crippen molar-refractivity contribution in [2.45, 2.75) is 0 Å². The van der Waals surface area contributed by atoms with Gasteiger partial charge in [0.25, 0.3) is 0 Å². The van der Waals surface area contributed by atoms with E-state index >= 15 is 0 Å². The third-order valence-corrected chi connectivity index (χ3v) is 3.12. The first-order valence-corrected chi connectivity index (χ1v) is 5.93. The van der Waals surface area contributed by atoms with Gasteiger partial charge in [-0.15, -0.1) is 10.2 Å². The van der Waals surface area contributed by atoms with Gasteiger partial charge >= 0.3 is 0 Å². The molecule has 0 radical (unpaired) electrons. The van der Waals surface area contributed by atoms with Crippen LogP contribution in [0, 0.1) is 0 Å². The highest BCUT2D eigenvalue weighted by atomic mass is 15.4. The lowest BCUT2D eigenvalue weighted by Gasteiger charge is -2.05. The van der Waals surface area contributed by atoms with Crippen LogP contribution in [-0.4, -0.2) is 15.0 Å². The van der Waals surface area contributed by atoms with Crippen LogP contribution in [0.15, 0.2) is 65.1 Å². The lowest BCUT2D eigenvalue weighted by atomic mass is 10.0. The van der Waals surface area contributed by atoms with Crippen LogP contribution in [0.25, 0.3) is 16.8 Å². The second-order valence-corrected chi connectivity index (χ2v) is 4.30. The summed E-state index contributed by atoms with van der Waals surface area (Å²) < 4.78 is 1.73. The van der Waals surface area contributed by atoms with Gasteiger partial charge in [0, 0.05) is 5.56 Å². The van der Waals surface area contributed by atoms with Gasteiger partial charge in [-0.05, 0) is 35.9 Å². The zero-order chi connectivity index (χ0) is 12.7. The molecule has 90 valence electrons. The van der Waals surface area contributed by atoms with Crippen molar-refractivity contribution in [2.24, 2.45) is 10.2 Å². The molecule has 1 aliphatic heterocycles. The molecule has 1 aromatic heterocycles. The smallest absolute Gasteiger partial charge is 0.0957 e. The van der Waals surface area contributed by atoms with Gasteiger partial charge in [0.2, 0.25) is 0 Å². The summed E-state index contributed by atoms with van der Waals surface area (Å²) in [6.07, 6.45) is 3.48. The van der Waals surface area contributed by atoms with Gasteiger partial charge in [-0.1, -0.05) is 17.3 Å². The first-order valence-electron chi connectivity index (χ1n) is 5.93. The molecule has 19 heavy (non-hydrogen) atoms. The predicted molar refractivity (Wildman–Crippen MR) is 71.0 cm³/mol. The molecule has 5 nitrogen and oxygen atoms in total. The average Bonchev–Trinajstić information content (AvgIpc) is 3.10. The summed E-state index contributed by atoms with van der Waals surface area (Å²) in [6.45, 7) is 0. The number of azo groups is 1. The second kappa shape index (κ2) is 3.84. The van der Waals surface area contributed by atoms with Crippen LogP contribution in [0.3, 0.4) is 0 Å². The summed E-state index contributed by atoms with van der Waals surface area (Å²) in [5, 5.41) is 16.0. The van der Waals surface area contributed by atoms with Crippen molar-refractivity contribution >= 4 is 11.4 Å². The Kier molecular flexibility index (Phi) is 2.05. The molecule has 0 saturated heterocycles. The van der Waals surface area contributed by atoms with Crippen LogP contribution in [0.1, 0.15) is 0 Å². The van der Waals surface area contributed by atoms with Gasteiger partial charge in [-0.25, -0.2) is 4.68 Å². The van der Waals surface area contributed by atoms with Gasteiger partial charge in [0.1, 0.15) is 0 Å². The standard InChI is InChI=1S/C14H9N5/c1-4-12(19-8-7-15-18-19)5-2-10(1)13-6-3-11-9-14(13)17-16-11/h1-9H. The van der Waals surface area contributed by atoms with Crippen molar-refractivity contribution in [3.63, 3.8) is 0 Å². The second-order valence-electron chi connectivity index (χ2n) is 4.30. The predicted octanol–water partition coefficient (Wildman–Crippen LogP) is 3.66. The van der Waals surface area contributed by atoms with E-state index in [2.05, 4.69) is 38.7 Å². The van der Waals surface area contributed by atoms with Crippen molar-refractivity contribution < 1.29 is 0 Å². The summed E-state index contributed by atoms with van der Waals surface area (Å²) >= 11 is 0. The van der Waals surface area contributed by atoms with Crippen LogP contribution in [0.5, 0.6) is 0 Å². The Morgan fingerprint density at radius 2 is 1.79 bits per heavy atom. The van der Waals surface area contributed by atoms with Crippen molar-refractivity contribution in [2.75, 3.05) is 0 Å². The Hall–Kier alpha value is -2.82. The quantitative estimate of drug-likeness (QED) is 0.542. The number of rotatable bonds is 2. The minimum absolute atomic E-state index is 0.915. The molecule has 2 heterocycles. The molecule has 0 N–H and O–H groups in total. The molecule has 0 amide bonds. The fraction of sp³-hybridized carbons (Fsp3) is 0. The average molecular weight is 247 g/mol. The van der Waals surface area contributed by atoms with Gasteiger partial charge in [0.15, 0.2) is 0 Å². The molecule has 0 fully saturated rings. The lowest BCUT2D eigenvalue weighted by molar-refractivity contribution is 0.803. The number of hydrogen-bond acceptors (Lipinski definition) is 4. The minimum atomic E-state index is 0.915. The third kappa shape index (κ3) is 1.63. The van der Waals surface area contributed by atoms with E-state index in [0.717, 1.165) is 28.2 Å². The molecule has 0 aliphatic carbocycles. The van der Waals surface area contributed by atoms with Crippen molar-refractivity contribution in [1.82, 2.24) is 15.0 Å². The Balaban J connectivity index is 1.76. The summed E-state index contributed by atoms with van der Waals surface area (Å²) in [7, 11) is 0. The van der Waals surface area contributed by atoms with E-state index in [1.807, 2.05) is 30.5 Å². The largest absolute Gasteiger partial charge is 0.221 e. The fourth-order valence-electron chi connectivity index (χ4n) is 2.16. The van der Waals surface area contributed by atoms with Gasteiger partial charge < -0.3 is 0 Å². The Morgan fingerprint density at radius 3 is 2.58 bits per heavy atom. The maximum Gasteiger partial charge on any atom is 0.0957 e. The Bertz CT molecular complexity index is 757.